The van der Waals surface area contributed by atoms with Crippen LogP contribution in [-0.2, 0) is 4.74 Å². The van der Waals surface area contributed by atoms with Crippen molar-refractivity contribution >= 4 is 16.9 Å². The average molecular weight is 296 g/mol. The molecule has 0 bridgehead atoms. The molecule has 0 saturated carbocycles. The number of anilines is 1. The van der Waals surface area contributed by atoms with Crippen LogP contribution in [0.4, 0.5) is 5.82 Å². The normalized spacial score (nSPS) is 17.9. The van der Waals surface area contributed by atoms with Gasteiger partial charge < -0.3 is 10.1 Å². The predicted octanol–water partition coefficient (Wildman–Crippen LogP) is 1.80. The van der Waals surface area contributed by atoms with Crippen LogP contribution in [0.1, 0.15) is 12.8 Å². The van der Waals surface area contributed by atoms with Crippen LogP contribution in [0, 0.1) is 0 Å². The fourth-order valence-corrected chi connectivity index (χ4v) is 2.65. The van der Waals surface area contributed by atoms with Gasteiger partial charge in [-0.15, -0.1) is 0 Å². The Morgan fingerprint density at radius 3 is 3.09 bits per heavy atom. The summed E-state index contributed by atoms with van der Waals surface area (Å²) in [4.78, 5) is 13.0. The van der Waals surface area contributed by atoms with Crippen LogP contribution in [-0.4, -0.2) is 44.0 Å². The van der Waals surface area contributed by atoms with E-state index >= 15 is 0 Å². The Balaban J connectivity index is 1.65. The maximum absolute atomic E-state index is 5.62. The summed E-state index contributed by atoms with van der Waals surface area (Å²) >= 11 is 0. The van der Waals surface area contributed by atoms with Crippen molar-refractivity contribution in [2.24, 2.45) is 0 Å². The molecule has 1 N–H and O–H groups in total. The summed E-state index contributed by atoms with van der Waals surface area (Å²) in [6, 6.07) is 5.69. The quantitative estimate of drug-likeness (QED) is 0.791. The summed E-state index contributed by atoms with van der Waals surface area (Å²) < 4.78 is 7.34. The van der Waals surface area contributed by atoms with E-state index in [0.717, 1.165) is 48.7 Å². The van der Waals surface area contributed by atoms with Crippen LogP contribution in [0.5, 0.6) is 0 Å². The molecule has 0 aliphatic carbocycles. The van der Waals surface area contributed by atoms with Crippen molar-refractivity contribution in [3.8, 4) is 5.82 Å². The Hall–Kier alpha value is -2.54. The third kappa shape index (κ3) is 2.39. The lowest BCUT2D eigenvalue weighted by Crippen LogP contribution is -2.19. The minimum Gasteiger partial charge on any atom is -0.376 e. The van der Waals surface area contributed by atoms with Crippen molar-refractivity contribution in [2.75, 3.05) is 18.5 Å². The second kappa shape index (κ2) is 5.69. The molecule has 22 heavy (non-hydrogen) atoms. The lowest BCUT2D eigenvalue weighted by atomic mass is 10.2. The minimum atomic E-state index is 0.260. The van der Waals surface area contributed by atoms with Crippen LogP contribution in [0.25, 0.3) is 16.9 Å². The molecular weight excluding hydrogens is 280 g/mol. The third-order valence-electron chi connectivity index (χ3n) is 3.75. The number of ether oxygens (including phenoxy) is 1. The highest BCUT2D eigenvalue weighted by Gasteiger charge is 2.17. The Bertz CT molecular complexity index is 766. The molecule has 1 aliphatic rings. The van der Waals surface area contributed by atoms with E-state index in [1.165, 1.54) is 0 Å². The predicted molar refractivity (Wildman–Crippen MR) is 81.9 cm³/mol. The van der Waals surface area contributed by atoms with Gasteiger partial charge in [-0.3, -0.25) is 0 Å². The maximum Gasteiger partial charge on any atom is 0.170 e. The zero-order valence-electron chi connectivity index (χ0n) is 12.0. The minimum absolute atomic E-state index is 0.260. The highest BCUT2D eigenvalue weighted by molar-refractivity contribution is 5.86. The zero-order chi connectivity index (χ0) is 14.8. The van der Waals surface area contributed by atoms with Gasteiger partial charge in [-0.05, 0) is 25.0 Å². The van der Waals surface area contributed by atoms with Gasteiger partial charge in [0, 0.05) is 19.3 Å². The standard InChI is InChI=1S/C15H16N6O/c1-2-6-16-13(5-1)21-15-12(9-20-21)14(18-10-19-15)17-8-11-4-3-7-22-11/h1-2,5-6,9-11H,3-4,7-8H2,(H,17,18,19). The van der Waals surface area contributed by atoms with Crippen LogP contribution in [0.15, 0.2) is 36.9 Å². The summed E-state index contributed by atoms with van der Waals surface area (Å²) in [5.74, 6) is 1.52. The first-order valence-corrected chi connectivity index (χ1v) is 7.37. The first-order chi connectivity index (χ1) is 10.9. The van der Waals surface area contributed by atoms with Crippen LogP contribution >= 0.6 is 0 Å². The lowest BCUT2D eigenvalue weighted by molar-refractivity contribution is 0.120. The number of hydrogen-bond acceptors (Lipinski definition) is 6. The van der Waals surface area contributed by atoms with Crippen LogP contribution in [0.2, 0.25) is 0 Å². The fourth-order valence-electron chi connectivity index (χ4n) is 2.65. The summed E-state index contributed by atoms with van der Waals surface area (Å²) in [5.41, 5.74) is 0.739. The topological polar surface area (TPSA) is 77.8 Å². The second-order valence-corrected chi connectivity index (χ2v) is 5.22. The highest BCUT2D eigenvalue weighted by atomic mass is 16.5. The van der Waals surface area contributed by atoms with Crippen molar-refractivity contribution in [3.63, 3.8) is 0 Å². The van der Waals surface area contributed by atoms with Gasteiger partial charge in [-0.1, -0.05) is 6.07 Å². The summed E-state index contributed by atoms with van der Waals surface area (Å²) in [6.07, 6.45) is 7.53. The van der Waals surface area contributed by atoms with Crippen molar-refractivity contribution < 1.29 is 4.74 Å². The van der Waals surface area contributed by atoms with Gasteiger partial charge in [0.05, 0.1) is 17.7 Å². The summed E-state index contributed by atoms with van der Waals surface area (Å²) in [7, 11) is 0. The van der Waals surface area contributed by atoms with Crippen LogP contribution < -0.4 is 5.32 Å². The Morgan fingerprint density at radius 1 is 1.27 bits per heavy atom. The van der Waals surface area contributed by atoms with Gasteiger partial charge in [0.15, 0.2) is 11.5 Å². The molecule has 3 aromatic rings. The number of nitrogens with zero attached hydrogens (tertiary/aromatic N) is 5. The van der Waals surface area contributed by atoms with E-state index in [1.807, 2.05) is 18.2 Å². The number of pyridine rings is 1. The van der Waals surface area contributed by atoms with E-state index in [0.29, 0.717) is 0 Å². The van der Waals surface area contributed by atoms with E-state index in [1.54, 1.807) is 23.4 Å². The molecule has 1 fully saturated rings. The largest absolute Gasteiger partial charge is 0.376 e. The van der Waals surface area contributed by atoms with E-state index in [-0.39, 0.29) is 6.10 Å². The molecule has 1 saturated heterocycles. The first-order valence-electron chi connectivity index (χ1n) is 7.37. The number of aromatic nitrogens is 5. The maximum atomic E-state index is 5.62. The molecule has 1 unspecified atom stereocenters. The zero-order valence-corrected chi connectivity index (χ0v) is 12.0. The molecule has 4 heterocycles. The Kier molecular flexibility index (Phi) is 3.40. The summed E-state index contributed by atoms with van der Waals surface area (Å²) in [6.45, 7) is 1.60. The molecule has 112 valence electrons. The number of rotatable bonds is 4. The summed E-state index contributed by atoms with van der Waals surface area (Å²) in [5, 5.41) is 8.61. The molecule has 3 aromatic heterocycles. The van der Waals surface area contributed by atoms with Crippen molar-refractivity contribution in [2.45, 2.75) is 18.9 Å². The highest BCUT2D eigenvalue weighted by Crippen LogP contribution is 2.21. The van der Waals surface area contributed by atoms with Gasteiger partial charge in [0.2, 0.25) is 0 Å². The smallest absolute Gasteiger partial charge is 0.170 e. The van der Waals surface area contributed by atoms with Gasteiger partial charge in [0.25, 0.3) is 0 Å². The van der Waals surface area contributed by atoms with Crippen molar-refractivity contribution in [3.05, 3.63) is 36.9 Å². The van der Waals surface area contributed by atoms with Gasteiger partial charge in [0.1, 0.15) is 12.1 Å². The SMILES string of the molecule is c1ccc(-n2ncc3c(NCC4CCCO4)ncnc32)nc1. The Morgan fingerprint density at radius 2 is 2.27 bits per heavy atom. The number of fused-ring (bicyclic) bond motifs is 1. The van der Waals surface area contributed by atoms with Gasteiger partial charge >= 0.3 is 0 Å². The van der Waals surface area contributed by atoms with Gasteiger partial charge in [-0.25, -0.2) is 15.0 Å². The van der Waals surface area contributed by atoms with E-state index in [4.69, 9.17) is 4.74 Å². The molecular formula is C15H16N6O. The second-order valence-electron chi connectivity index (χ2n) is 5.22. The van der Waals surface area contributed by atoms with E-state index in [2.05, 4.69) is 25.4 Å². The first kappa shape index (κ1) is 13.1. The molecule has 0 spiro atoms. The van der Waals surface area contributed by atoms with Crippen LogP contribution in [0.3, 0.4) is 0 Å². The molecule has 7 heteroatoms. The molecule has 0 radical (unpaired) electrons. The van der Waals surface area contributed by atoms with E-state index in [9.17, 15) is 0 Å². The molecule has 7 nitrogen and oxygen atoms in total. The number of nitrogens with one attached hydrogen (secondary N) is 1. The lowest BCUT2D eigenvalue weighted by Gasteiger charge is -2.11. The molecule has 4 rings (SSSR count). The third-order valence-corrected chi connectivity index (χ3v) is 3.75. The average Bonchev–Trinajstić information content (AvgIpc) is 3.23. The van der Waals surface area contributed by atoms with Crippen molar-refractivity contribution in [1.29, 1.82) is 0 Å². The monoisotopic (exact) mass is 296 g/mol. The Labute approximate surface area is 127 Å². The molecule has 1 atom stereocenters. The molecule has 1 aliphatic heterocycles. The van der Waals surface area contributed by atoms with Gasteiger partial charge in [-0.2, -0.15) is 9.78 Å². The fraction of sp³-hybridized carbons (Fsp3) is 0.333. The van der Waals surface area contributed by atoms with Crippen molar-refractivity contribution in [1.82, 2.24) is 24.7 Å². The molecule has 0 aromatic carbocycles. The van der Waals surface area contributed by atoms with E-state index < -0.39 is 0 Å². The number of hydrogen-bond donors (Lipinski definition) is 1. The molecule has 0 amide bonds.